The van der Waals surface area contributed by atoms with Gasteiger partial charge in [-0.1, -0.05) is 12.2 Å². The zero-order valence-electron chi connectivity index (χ0n) is 16.7. The van der Waals surface area contributed by atoms with Gasteiger partial charge < -0.3 is 34.3 Å². The van der Waals surface area contributed by atoms with Crippen molar-refractivity contribution >= 4 is 11.0 Å². The fourth-order valence-electron chi connectivity index (χ4n) is 3.14. The lowest BCUT2D eigenvalue weighted by atomic mass is 9.99. The highest BCUT2D eigenvalue weighted by Gasteiger charge is 2.24. The Morgan fingerprint density at radius 1 is 1.10 bits per heavy atom. The van der Waals surface area contributed by atoms with Crippen LogP contribution in [0.1, 0.15) is 12.5 Å². The van der Waals surface area contributed by atoms with Crippen molar-refractivity contribution in [3.05, 3.63) is 52.2 Å². The summed E-state index contributed by atoms with van der Waals surface area (Å²) in [6.07, 6.45) is -0.758. The quantitative estimate of drug-likeness (QED) is 0.453. The van der Waals surface area contributed by atoms with Gasteiger partial charge in [-0.15, -0.1) is 0 Å². The second-order valence-corrected chi connectivity index (χ2v) is 6.85. The molecule has 0 aliphatic heterocycles. The van der Waals surface area contributed by atoms with E-state index in [1.54, 1.807) is 13.0 Å². The predicted molar refractivity (Wildman–Crippen MR) is 111 cm³/mol. The van der Waals surface area contributed by atoms with E-state index in [-0.39, 0.29) is 40.4 Å². The normalized spacial score (nSPS) is 12.0. The Morgan fingerprint density at radius 2 is 1.77 bits per heavy atom. The van der Waals surface area contributed by atoms with Gasteiger partial charge in [0.25, 0.3) is 0 Å². The molecule has 0 fully saturated rings. The molecule has 0 radical (unpaired) electrons. The summed E-state index contributed by atoms with van der Waals surface area (Å²) in [5, 5.41) is 40.4. The van der Waals surface area contributed by atoms with E-state index >= 15 is 0 Å². The number of fused-ring (bicyclic) bond motifs is 1. The number of aliphatic hydroxyl groups is 1. The van der Waals surface area contributed by atoms with Crippen LogP contribution < -0.4 is 14.9 Å². The number of ether oxygens (including phenoxy) is 2. The SMILES string of the molecule is C=C(C)C(O)Cc1cc(-c2oc3cc(O)c(OC)c(O)c3c(=O)c2OC)ccc1O. The average Bonchev–Trinajstić information content (AvgIpc) is 2.69. The second-order valence-electron chi connectivity index (χ2n) is 6.85. The molecule has 8 heteroatoms. The highest BCUT2D eigenvalue weighted by molar-refractivity contribution is 5.91. The van der Waals surface area contributed by atoms with E-state index in [0.29, 0.717) is 16.7 Å². The van der Waals surface area contributed by atoms with Crippen LogP contribution in [0.5, 0.6) is 28.7 Å². The Balaban J connectivity index is 2.26. The Labute approximate surface area is 171 Å². The molecule has 0 saturated carbocycles. The lowest BCUT2D eigenvalue weighted by Gasteiger charge is -2.15. The van der Waals surface area contributed by atoms with Crippen molar-refractivity contribution < 1.29 is 34.3 Å². The number of aliphatic hydroxyl groups excluding tert-OH is 1. The minimum Gasteiger partial charge on any atom is -0.508 e. The maximum absolute atomic E-state index is 13.0. The summed E-state index contributed by atoms with van der Waals surface area (Å²) in [6, 6.07) is 5.63. The van der Waals surface area contributed by atoms with Crippen LogP contribution in [0.4, 0.5) is 0 Å². The molecule has 8 nitrogen and oxygen atoms in total. The fraction of sp³-hybridized carbons (Fsp3) is 0.227. The number of hydrogen-bond donors (Lipinski definition) is 4. The van der Waals surface area contributed by atoms with Crippen LogP contribution in [0.25, 0.3) is 22.3 Å². The molecule has 0 spiro atoms. The summed E-state index contributed by atoms with van der Waals surface area (Å²) in [4.78, 5) is 13.0. The number of methoxy groups -OCH3 is 2. The Morgan fingerprint density at radius 3 is 2.37 bits per heavy atom. The van der Waals surface area contributed by atoms with Crippen LogP contribution in [0, 0.1) is 0 Å². The standard InChI is InChI=1S/C22H22O8/c1-10(2)14(24)8-12-7-11(5-6-13(12)23)20-22(29-4)19(27)17-16(30-20)9-15(25)21(28-3)18(17)26/h5-7,9,14,23-26H,1,8H2,2-4H3. The van der Waals surface area contributed by atoms with E-state index < -0.39 is 23.0 Å². The summed E-state index contributed by atoms with van der Waals surface area (Å²) >= 11 is 0. The van der Waals surface area contributed by atoms with Gasteiger partial charge >= 0.3 is 0 Å². The first-order valence-corrected chi connectivity index (χ1v) is 8.99. The van der Waals surface area contributed by atoms with Gasteiger partial charge in [-0.2, -0.15) is 0 Å². The van der Waals surface area contributed by atoms with Crippen LogP contribution in [-0.4, -0.2) is 40.7 Å². The molecular weight excluding hydrogens is 392 g/mol. The van der Waals surface area contributed by atoms with Gasteiger partial charge in [0.2, 0.25) is 16.9 Å². The molecule has 2 aromatic carbocycles. The lowest BCUT2D eigenvalue weighted by molar-refractivity contribution is 0.210. The topological polar surface area (TPSA) is 130 Å². The smallest absolute Gasteiger partial charge is 0.239 e. The average molecular weight is 414 g/mol. The number of rotatable bonds is 6. The largest absolute Gasteiger partial charge is 0.508 e. The Hall–Kier alpha value is -3.65. The molecule has 3 rings (SSSR count). The van der Waals surface area contributed by atoms with Gasteiger partial charge in [-0.3, -0.25) is 4.79 Å². The summed E-state index contributed by atoms with van der Waals surface area (Å²) in [5.74, 6) is -1.42. The van der Waals surface area contributed by atoms with Crippen molar-refractivity contribution in [2.45, 2.75) is 19.4 Å². The third-order valence-corrected chi connectivity index (χ3v) is 4.78. The zero-order valence-corrected chi connectivity index (χ0v) is 16.7. The molecule has 0 aliphatic carbocycles. The summed E-state index contributed by atoms with van der Waals surface area (Å²) in [6.45, 7) is 5.37. The minimum atomic E-state index is -0.863. The number of aromatic hydroxyl groups is 3. The van der Waals surface area contributed by atoms with E-state index in [2.05, 4.69) is 6.58 Å². The van der Waals surface area contributed by atoms with Crippen molar-refractivity contribution in [1.29, 1.82) is 0 Å². The minimum absolute atomic E-state index is 0.0324. The van der Waals surface area contributed by atoms with Crippen LogP contribution in [0.3, 0.4) is 0 Å². The monoisotopic (exact) mass is 414 g/mol. The van der Waals surface area contributed by atoms with E-state index in [9.17, 15) is 25.2 Å². The number of phenols is 3. The molecule has 158 valence electrons. The van der Waals surface area contributed by atoms with Crippen molar-refractivity contribution in [2.75, 3.05) is 14.2 Å². The summed E-state index contributed by atoms with van der Waals surface area (Å²) < 4.78 is 16.0. The molecule has 1 atom stereocenters. The Kier molecular flexibility index (Phi) is 5.62. The van der Waals surface area contributed by atoms with Crippen LogP contribution in [0.15, 0.2) is 45.6 Å². The molecule has 4 N–H and O–H groups in total. The molecule has 1 heterocycles. The van der Waals surface area contributed by atoms with Crippen molar-refractivity contribution in [1.82, 2.24) is 0 Å². The first-order chi connectivity index (χ1) is 14.2. The molecule has 0 bridgehead atoms. The Bertz CT molecular complexity index is 1190. The van der Waals surface area contributed by atoms with E-state index in [4.69, 9.17) is 13.9 Å². The van der Waals surface area contributed by atoms with Gasteiger partial charge in [0.1, 0.15) is 16.7 Å². The molecule has 0 saturated heterocycles. The molecule has 3 aromatic rings. The summed E-state index contributed by atoms with van der Waals surface area (Å²) in [5.41, 5.74) is 0.592. The number of benzene rings is 2. The van der Waals surface area contributed by atoms with Gasteiger partial charge in [0.15, 0.2) is 17.3 Å². The van der Waals surface area contributed by atoms with Crippen molar-refractivity contribution in [2.24, 2.45) is 0 Å². The van der Waals surface area contributed by atoms with Crippen molar-refractivity contribution in [3.63, 3.8) is 0 Å². The predicted octanol–water partition coefficient (Wildman–Crippen LogP) is 3.07. The fourth-order valence-corrected chi connectivity index (χ4v) is 3.14. The highest BCUT2D eigenvalue weighted by atomic mass is 16.5. The number of phenolic OH excluding ortho intramolecular Hbond substituents is 3. The van der Waals surface area contributed by atoms with Gasteiger partial charge in [0.05, 0.1) is 20.3 Å². The molecule has 0 amide bonds. The summed E-state index contributed by atoms with van der Waals surface area (Å²) in [7, 11) is 2.52. The molecule has 0 aliphatic rings. The first-order valence-electron chi connectivity index (χ1n) is 8.99. The van der Waals surface area contributed by atoms with Gasteiger partial charge in [0, 0.05) is 18.1 Å². The zero-order chi connectivity index (χ0) is 22.2. The lowest BCUT2D eigenvalue weighted by Crippen LogP contribution is -2.11. The van der Waals surface area contributed by atoms with E-state index in [1.807, 2.05) is 0 Å². The first kappa shape index (κ1) is 21.1. The van der Waals surface area contributed by atoms with Gasteiger partial charge in [-0.05, 0) is 30.7 Å². The second kappa shape index (κ2) is 8.00. The third-order valence-electron chi connectivity index (χ3n) is 4.78. The molecule has 1 unspecified atom stereocenters. The highest BCUT2D eigenvalue weighted by Crippen LogP contribution is 2.43. The molecule has 1 aromatic heterocycles. The van der Waals surface area contributed by atoms with Crippen molar-refractivity contribution in [3.8, 4) is 40.1 Å². The van der Waals surface area contributed by atoms with E-state index in [1.165, 1.54) is 26.4 Å². The van der Waals surface area contributed by atoms with Crippen LogP contribution in [-0.2, 0) is 6.42 Å². The maximum atomic E-state index is 13.0. The van der Waals surface area contributed by atoms with E-state index in [0.717, 1.165) is 6.07 Å². The van der Waals surface area contributed by atoms with Crippen LogP contribution in [0.2, 0.25) is 0 Å². The maximum Gasteiger partial charge on any atom is 0.239 e. The third kappa shape index (κ3) is 3.53. The van der Waals surface area contributed by atoms with Gasteiger partial charge in [-0.25, -0.2) is 0 Å². The number of hydrogen-bond acceptors (Lipinski definition) is 8. The van der Waals surface area contributed by atoms with Crippen LogP contribution >= 0.6 is 0 Å². The molecular formula is C22H22O8. The molecule has 30 heavy (non-hydrogen) atoms.